The predicted octanol–water partition coefficient (Wildman–Crippen LogP) is 5.13. The minimum Gasteiger partial charge on any atom is -0.324 e. The molecular formula is C23H26N2O. The Morgan fingerprint density at radius 1 is 0.885 bits per heavy atom. The average Bonchev–Trinajstić information content (AvgIpc) is 2.64. The van der Waals surface area contributed by atoms with Gasteiger partial charge in [-0.05, 0) is 67.3 Å². The van der Waals surface area contributed by atoms with Crippen molar-refractivity contribution in [2.75, 3.05) is 5.32 Å². The van der Waals surface area contributed by atoms with E-state index >= 15 is 0 Å². The first-order valence-electron chi connectivity index (χ1n) is 9.07. The molecule has 0 saturated heterocycles. The molecule has 0 spiro atoms. The first-order chi connectivity index (χ1) is 12.4. The molecule has 0 aromatic heterocycles. The lowest BCUT2D eigenvalue weighted by Crippen LogP contribution is -2.39. The van der Waals surface area contributed by atoms with Gasteiger partial charge in [0, 0.05) is 11.7 Å². The van der Waals surface area contributed by atoms with Crippen LogP contribution in [0.4, 0.5) is 5.69 Å². The maximum atomic E-state index is 12.6. The molecule has 0 aliphatic rings. The molecule has 0 saturated carbocycles. The van der Waals surface area contributed by atoms with Gasteiger partial charge in [-0.15, -0.1) is 0 Å². The molecule has 0 bridgehead atoms. The van der Waals surface area contributed by atoms with Gasteiger partial charge < -0.3 is 5.32 Å². The molecule has 3 aromatic carbocycles. The number of fused-ring (bicyclic) bond motifs is 1. The normalized spacial score (nSPS) is 13.4. The van der Waals surface area contributed by atoms with E-state index in [-0.39, 0.29) is 18.0 Å². The molecule has 1 amide bonds. The molecule has 0 aliphatic heterocycles. The Morgan fingerprint density at radius 3 is 2.38 bits per heavy atom. The van der Waals surface area contributed by atoms with Crippen molar-refractivity contribution in [2.24, 2.45) is 0 Å². The van der Waals surface area contributed by atoms with Gasteiger partial charge in [-0.2, -0.15) is 0 Å². The third-order valence-corrected chi connectivity index (χ3v) is 4.82. The van der Waals surface area contributed by atoms with Crippen molar-refractivity contribution in [3.05, 3.63) is 77.4 Å². The third-order valence-electron chi connectivity index (χ3n) is 4.82. The summed E-state index contributed by atoms with van der Waals surface area (Å²) in [5.74, 6) is -0.0219. The molecule has 2 atom stereocenters. The van der Waals surface area contributed by atoms with Gasteiger partial charge in [0.15, 0.2) is 0 Å². The molecular weight excluding hydrogens is 320 g/mol. The van der Waals surface area contributed by atoms with Crippen molar-refractivity contribution in [1.82, 2.24) is 5.32 Å². The second kappa shape index (κ2) is 7.71. The zero-order valence-corrected chi connectivity index (χ0v) is 15.8. The van der Waals surface area contributed by atoms with E-state index in [1.807, 2.05) is 45.0 Å². The third kappa shape index (κ3) is 4.12. The SMILES string of the molecule is Cc1ccc(C)c(NC(=O)C(C)NC(C)c2ccc3ccccc3c2)c1. The van der Waals surface area contributed by atoms with Gasteiger partial charge >= 0.3 is 0 Å². The summed E-state index contributed by atoms with van der Waals surface area (Å²) in [6.45, 7) is 8.02. The highest BCUT2D eigenvalue weighted by atomic mass is 16.2. The Morgan fingerprint density at radius 2 is 1.62 bits per heavy atom. The molecule has 0 fully saturated rings. The molecule has 0 aliphatic carbocycles. The summed E-state index contributed by atoms with van der Waals surface area (Å²) in [4.78, 5) is 12.6. The van der Waals surface area contributed by atoms with Crippen LogP contribution in [0, 0.1) is 13.8 Å². The molecule has 2 N–H and O–H groups in total. The topological polar surface area (TPSA) is 41.1 Å². The monoisotopic (exact) mass is 346 g/mol. The Hall–Kier alpha value is -2.65. The van der Waals surface area contributed by atoms with E-state index in [2.05, 4.69) is 54.0 Å². The standard InChI is InChI=1S/C23H26N2O/c1-15-9-10-16(2)22(13-15)25-23(26)18(4)24-17(3)20-12-11-19-7-5-6-8-21(19)14-20/h5-14,17-18,24H,1-4H3,(H,25,26). The second-order valence-corrected chi connectivity index (χ2v) is 7.02. The van der Waals surface area contributed by atoms with E-state index in [0.29, 0.717) is 0 Å². The maximum Gasteiger partial charge on any atom is 0.241 e. The van der Waals surface area contributed by atoms with E-state index in [4.69, 9.17) is 0 Å². The molecule has 0 radical (unpaired) electrons. The van der Waals surface area contributed by atoms with Crippen LogP contribution < -0.4 is 10.6 Å². The van der Waals surface area contributed by atoms with Gasteiger partial charge in [-0.25, -0.2) is 0 Å². The smallest absolute Gasteiger partial charge is 0.241 e. The summed E-state index contributed by atoms with van der Waals surface area (Å²) in [6.07, 6.45) is 0. The first-order valence-corrected chi connectivity index (χ1v) is 9.07. The molecule has 134 valence electrons. The van der Waals surface area contributed by atoms with Crippen LogP contribution in [-0.4, -0.2) is 11.9 Å². The summed E-state index contributed by atoms with van der Waals surface area (Å²) in [6, 6.07) is 20.6. The van der Waals surface area contributed by atoms with E-state index < -0.39 is 0 Å². The molecule has 26 heavy (non-hydrogen) atoms. The Balaban J connectivity index is 1.68. The first kappa shape index (κ1) is 18.2. The molecule has 3 heteroatoms. The van der Waals surface area contributed by atoms with Crippen LogP contribution in [0.25, 0.3) is 10.8 Å². The summed E-state index contributed by atoms with van der Waals surface area (Å²) in [5.41, 5.74) is 4.26. The van der Waals surface area contributed by atoms with Gasteiger partial charge in [0.1, 0.15) is 0 Å². The van der Waals surface area contributed by atoms with Crippen LogP contribution in [0.15, 0.2) is 60.7 Å². The quantitative estimate of drug-likeness (QED) is 0.672. The Kier molecular flexibility index (Phi) is 5.38. The number of aryl methyl sites for hydroxylation is 2. The van der Waals surface area contributed by atoms with Crippen molar-refractivity contribution in [2.45, 2.75) is 39.8 Å². The second-order valence-electron chi connectivity index (χ2n) is 7.02. The molecule has 3 rings (SSSR count). The highest BCUT2D eigenvalue weighted by Crippen LogP contribution is 2.21. The number of amides is 1. The van der Waals surface area contributed by atoms with E-state index in [9.17, 15) is 4.79 Å². The van der Waals surface area contributed by atoms with E-state index in [1.165, 1.54) is 16.3 Å². The van der Waals surface area contributed by atoms with Crippen LogP contribution >= 0.6 is 0 Å². The predicted molar refractivity (Wildman–Crippen MR) is 110 cm³/mol. The van der Waals surface area contributed by atoms with Crippen molar-refractivity contribution < 1.29 is 4.79 Å². The highest BCUT2D eigenvalue weighted by molar-refractivity contribution is 5.95. The number of hydrogen-bond acceptors (Lipinski definition) is 2. The van der Waals surface area contributed by atoms with Crippen molar-refractivity contribution in [3.8, 4) is 0 Å². The van der Waals surface area contributed by atoms with Gasteiger partial charge in [-0.3, -0.25) is 10.1 Å². The number of carbonyl (C=O) groups excluding carboxylic acids is 1. The number of benzene rings is 3. The number of hydrogen-bond donors (Lipinski definition) is 2. The van der Waals surface area contributed by atoms with Crippen LogP contribution in [-0.2, 0) is 4.79 Å². The lowest BCUT2D eigenvalue weighted by molar-refractivity contribution is -0.117. The van der Waals surface area contributed by atoms with Crippen molar-refractivity contribution >= 4 is 22.4 Å². The summed E-state index contributed by atoms with van der Waals surface area (Å²) in [5, 5.41) is 8.88. The van der Waals surface area contributed by atoms with Gasteiger partial charge in [0.05, 0.1) is 6.04 Å². The molecule has 3 aromatic rings. The zero-order chi connectivity index (χ0) is 18.7. The van der Waals surface area contributed by atoms with Gasteiger partial charge in [-0.1, -0.05) is 48.5 Å². The highest BCUT2D eigenvalue weighted by Gasteiger charge is 2.17. The lowest BCUT2D eigenvalue weighted by atomic mass is 10.0. The van der Waals surface area contributed by atoms with E-state index in [0.717, 1.165) is 16.8 Å². The van der Waals surface area contributed by atoms with Crippen LogP contribution in [0.5, 0.6) is 0 Å². The number of anilines is 1. The summed E-state index contributed by atoms with van der Waals surface area (Å²) < 4.78 is 0. The minimum atomic E-state index is -0.295. The fraction of sp³-hybridized carbons (Fsp3) is 0.261. The minimum absolute atomic E-state index is 0.0219. The Bertz CT molecular complexity index is 932. The maximum absolute atomic E-state index is 12.6. The van der Waals surface area contributed by atoms with Gasteiger partial charge in [0.25, 0.3) is 0 Å². The molecule has 3 nitrogen and oxygen atoms in total. The lowest BCUT2D eigenvalue weighted by Gasteiger charge is -2.21. The van der Waals surface area contributed by atoms with Gasteiger partial charge in [0.2, 0.25) is 5.91 Å². The van der Waals surface area contributed by atoms with Crippen molar-refractivity contribution in [1.29, 1.82) is 0 Å². The zero-order valence-electron chi connectivity index (χ0n) is 15.8. The fourth-order valence-corrected chi connectivity index (χ4v) is 3.14. The average molecular weight is 346 g/mol. The summed E-state index contributed by atoms with van der Waals surface area (Å²) in [7, 11) is 0. The Labute approximate surface area is 155 Å². The van der Waals surface area contributed by atoms with Crippen LogP contribution in [0.1, 0.15) is 36.6 Å². The van der Waals surface area contributed by atoms with Crippen molar-refractivity contribution in [3.63, 3.8) is 0 Å². The molecule has 2 unspecified atom stereocenters. The largest absolute Gasteiger partial charge is 0.324 e. The number of rotatable bonds is 5. The van der Waals surface area contributed by atoms with Crippen LogP contribution in [0.3, 0.4) is 0 Å². The summed E-state index contributed by atoms with van der Waals surface area (Å²) >= 11 is 0. The number of carbonyl (C=O) groups is 1. The van der Waals surface area contributed by atoms with E-state index in [1.54, 1.807) is 0 Å². The fourth-order valence-electron chi connectivity index (χ4n) is 3.14. The molecule has 0 heterocycles. The number of nitrogens with one attached hydrogen (secondary N) is 2. The van der Waals surface area contributed by atoms with Crippen LogP contribution in [0.2, 0.25) is 0 Å².